The minimum Gasteiger partial charge on any atom is -0.334 e. The van der Waals surface area contributed by atoms with Crippen molar-refractivity contribution in [3.8, 4) is 6.07 Å². The first-order chi connectivity index (χ1) is 9.49. The number of nitriles is 1. The van der Waals surface area contributed by atoms with E-state index in [0.29, 0.717) is 24.8 Å². The summed E-state index contributed by atoms with van der Waals surface area (Å²) in [5.74, 6) is -0.193. The maximum absolute atomic E-state index is 12.4. The molecule has 20 heavy (non-hydrogen) atoms. The van der Waals surface area contributed by atoms with Crippen molar-refractivity contribution in [1.29, 1.82) is 5.26 Å². The molecule has 1 aromatic heterocycles. The molecule has 108 valence electrons. The van der Waals surface area contributed by atoms with Gasteiger partial charge in [-0.15, -0.1) is 0 Å². The first-order valence-corrected chi connectivity index (χ1v) is 6.94. The molecule has 1 aromatic rings. The van der Waals surface area contributed by atoms with E-state index < -0.39 is 5.54 Å². The monoisotopic (exact) mass is 275 g/mol. The van der Waals surface area contributed by atoms with Crippen molar-refractivity contribution in [1.82, 2.24) is 20.0 Å². The van der Waals surface area contributed by atoms with Gasteiger partial charge >= 0.3 is 0 Å². The van der Waals surface area contributed by atoms with Crippen LogP contribution in [0.2, 0.25) is 0 Å². The number of aromatic nitrogens is 2. The zero-order valence-electron chi connectivity index (χ0n) is 12.3. The van der Waals surface area contributed by atoms with E-state index >= 15 is 0 Å². The molecule has 0 spiro atoms. The predicted octanol–water partition coefficient (Wildman–Crippen LogP) is 0.700. The maximum atomic E-state index is 12.4. The molecule has 6 heteroatoms. The van der Waals surface area contributed by atoms with E-state index in [4.69, 9.17) is 0 Å². The topological polar surface area (TPSA) is 74.0 Å². The second-order valence-electron chi connectivity index (χ2n) is 5.47. The number of nitrogens with zero attached hydrogens (tertiary/aromatic N) is 4. The van der Waals surface area contributed by atoms with Crippen LogP contribution in [0.25, 0.3) is 0 Å². The summed E-state index contributed by atoms with van der Waals surface area (Å²) in [5, 5.41) is 16.6. The first-order valence-electron chi connectivity index (χ1n) is 6.94. The van der Waals surface area contributed by atoms with Crippen LogP contribution in [0.15, 0.2) is 6.20 Å². The molecule has 1 amide bonds. The number of carbonyl (C=O) groups excluding carboxylic acids is 1. The predicted molar refractivity (Wildman–Crippen MR) is 75.1 cm³/mol. The number of nitrogens with one attached hydrogen (secondary N) is 1. The molecular formula is C14H21N5O. The molecule has 1 N–H and O–H groups in total. The lowest BCUT2D eigenvalue weighted by Gasteiger charge is -2.35. The lowest BCUT2D eigenvalue weighted by atomic mass is 9.89. The van der Waals surface area contributed by atoms with Gasteiger partial charge in [-0.3, -0.25) is 9.48 Å². The highest BCUT2D eigenvalue weighted by molar-refractivity contribution is 5.95. The summed E-state index contributed by atoms with van der Waals surface area (Å²) < 4.78 is 1.64. The number of likely N-dealkylation sites (tertiary alicyclic amines) is 1. The summed E-state index contributed by atoms with van der Waals surface area (Å²) in [6.45, 7) is 3.61. The van der Waals surface area contributed by atoms with Gasteiger partial charge in [0.25, 0.3) is 5.91 Å². The van der Waals surface area contributed by atoms with Crippen LogP contribution in [-0.4, -0.2) is 46.3 Å². The molecule has 0 aliphatic carbocycles. The number of piperidine rings is 1. The second-order valence-corrected chi connectivity index (χ2v) is 5.47. The van der Waals surface area contributed by atoms with Crippen molar-refractivity contribution in [2.45, 2.75) is 31.7 Å². The fourth-order valence-corrected chi connectivity index (χ4v) is 2.53. The van der Waals surface area contributed by atoms with Crippen LogP contribution < -0.4 is 5.32 Å². The highest BCUT2D eigenvalue weighted by Gasteiger charge is 2.36. The molecule has 0 radical (unpaired) electrons. The number of rotatable bonds is 3. The average molecular weight is 275 g/mol. The molecule has 2 heterocycles. The van der Waals surface area contributed by atoms with E-state index in [0.717, 1.165) is 18.8 Å². The van der Waals surface area contributed by atoms with E-state index in [1.807, 2.05) is 14.0 Å². The van der Waals surface area contributed by atoms with E-state index in [-0.39, 0.29) is 5.91 Å². The number of aryl methyl sites for hydroxylation is 2. The second kappa shape index (κ2) is 5.63. The van der Waals surface area contributed by atoms with Crippen LogP contribution in [0.1, 0.15) is 35.8 Å². The smallest absolute Gasteiger partial charge is 0.256 e. The molecule has 2 rings (SSSR count). The van der Waals surface area contributed by atoms with Crippen molar-refractivity contribution in [3.05, 3.63) is 17.5 Å². The van der Waals surface area contributed by atoms with Crippen molar-refractivity contribution in [2.24, 2.45) is 7.05 Å². The van der Waals surface area contributed by atoms with Gasteiger partial charge in [-0.1, -0.05) is 6.92 Å². The van der Waals surface area contributed by atoms with Gasteiger partial charge in [0.05, 0.1) is 17.3 Å². The standard InChI is InChI=1S/C14H21N5O/c1-4-12-11(9-19(3)17-12)13(20)16-14(10-15)5-7-18(2)8-6-14/h9H,4-8H2,1-3H3,(H,16,20). The molecule has 1 aliphatic rings. The van der Waals surface area contributed by atoms with Crippen LogP contribution >= 0.6 is 0 Å². The van der Waals surface area contributed by atoms with Crippen molar-refractivity contribution in [3.63, 3.8) is 0 Å². The van der Waals surface area contributed by atoms with Crippen molar-refractivity contribution >= 4 is 5.91 Å². The molecule has 1 aliphatic heterocycles. The Morgan fingerprint density at radius 2 is 2.15 bits per heavy atom. The summed E-state index contributed by atoms with van der Waals surface area (Å²) in [5.41, 5.74) is 0.597. The highest BCUT2D eigenvalue weighted by Crippen LogP contribution is 2.22. The normalized spacial score (nSPS) is 18.5. The molecule has 6 nitrogen and oxygen atoms in total. The first kappa shape index (κ1) is 14.5. The number of carbonyl (C=O) groups is 1. The lowest BCUT2D eigenvalue weighted by molar-refractivity contribution is 0.0881. The number of amides is 1. The van der Waals surface area contributed by atoms with Gasteiger partial charge in [-0.2, -0.15) is 10.4 Å². The van der Waals surface area contributed by atoms with Crippen LogP contribution in [0, 0.1) is 11.3 Å². The highest BCUT2D eigenvalue weighted by atomic mass is 16.1. The number of hydrogen-bond acceptors (Lipinski definition) is 4. The molecule has 1 fully saturated rings. The molecule has 0 bridgehead atoms. The molecule has 1 saturated heterocycles. The van der Waals surface area contributed by atoms with Crippen molar-refractivity contribution in [2.75, 3.05) is 20.1 Å². The van der Waals surface area contributed by atoms with Gasteiger partial charge in [-0.05, 0) is 26.3 Å². The van der Waals surface area contributed by atoms with Gasteiger partial charge in [0.15, 0.2) is 0 Å². The molecule has 0 aromatic carbocycles. The van der Waals surface area contributed by atoms with Gasteiger partial charge in [-0.25, -0.2) is 0 Å². The minimum absolute atomic E-state index is 0.193. The van der Waals surface area contributed by atoms with Crippen LogP contribution in [0.5, 0.6) is 0 Å². The minimum atomic E-state index is -0.746. The van der Waals surface area contributed by atoms with E-state index in [2.05, 4.69) is 21.4 Å². The third-order valence-electron chi connectivity index (χ3n) is 3.89. The zero-order chi connectivity index (χ0) is 14.8. The Kier molecular flexibility index (Phi) is 4.09. The Morgan fingerprint density at radius 3 is 2.70 bits per heavy atom. The molecule has 0 unspecified atom stereocenters. The molecule has 0 atom stereocenters. The quantitative estimate of drug-likeness (QED) is 0.881. The van der Waals surface area contributed by atoms with Crippen LogP contribution in [-0.2, 0) is 13.5 Å². The zero-order valence-corrected chi connectivity index (χ0v) is 12.3. The van der Waals surface area contributed by atoms with E-state index in [1.165, 1.54) is 0 Å². The number of hydrogen-bond donors (Lipinski definition) is 1. The Balaban J connectivity index is 2.15. The summed E-state index contributed by atoms with van der Waals surface area (Å²) >= 11 is 0. The maximum Gasteiger partial charge on any atom is 0.256 e. The summed E-state index contributed by atoms with van der Waals surface area (Å²) in [4.78, 5) is 14.6. The Bertz CT molecular complexity index is 534. The lowest BCUT2D eigenvalue weighted by Crippen LogP contribution is -2.53. The Morgan fingerprint density at radius 1 is 1.50 bits per heavy atom. The van der Waals surface area contributed by atoms with Crippen LogP contribution in [0.3, 0.4) is 0 Å². The van der Waals surface area contributed by atoms with Gasteiger partial charge < -0.3 is 10.2 Å². The van der Waals surface area contributed by atoms with Crippen LogP contribution in [0.4, 0.5) is 0 Å². The third-order valence-corrected chi connectivity index (χ3v) is 3.89. The molecule has 0 saturated carbocycles. The Labute approximate surface area is 119 Å². The van der Waals surface area contributed by atoms with E-state index in [9.17, 15) is 10.1 Å². The summed E-state index contributed by atoms with van der Waals surface area (Å²) in [6, 6.07) is 2.30. The van der Waals surface area contributed by atoms with Gasteiger partial charge in [0.2, 0.25) is 0 Å². The largest absolute Gasteiger partial charge is 0.334 e. The third kappa shape index (κ3) is 2.83. The van der Waals surface area contributed by atoms with Gasteiger partial charge in [0, 0.05) is 26.3 Å². The van der Waals surface area contributed by atoms with Crippen molar-refractivity contribution < 1.29 is 4.79 Å². The summed E-state index contributed by atoms with van der Waals surface area (Å²) in [7, 11) is 3.82. The fraction of sp³-hybridized carbons (Fsp3) is 0.643. The molecular weight excluding hydrogens is 254 g/mol. The summed E-state index contributed by atoms with van der Waals surface area (Å²) in [6.07, 6.45) is 3.74. The van der Waals surface area contributed by atoms with E-state index in [1.54, 1.807) is 17.9 Å². The fourth-order valence-electron chi connectivity index (χ4n) is 2.53. The average Bonchev–Trinajstić information content (AvgIpc) is 2.83. The SMILES string of the molecule is CCc1nn(C)cc1C(=O)NC1(C#N)CCN(C)CC1. The Hall–Kier alpha value is -1.87. The van der Waals surface area contributed by atoms with Gasteiger partial charge in [0.1, 0.15) is 5.54 Å².